The second kappa shape index (κ2) is 6.10. The maximum absolute atomic E-state index is 12.2. The largest absolute Gasteiger partial charge is 0.329 e. The van der Waals surface area contributed by atoms with Crippen molar-refractivity contribution in [2.75, 3.05) is 25.4 Å². The molecular weight excluding hydrogens is 260 g/mol. The van der Waals surface area contributed by atoms with E-state index in [-0.39, 0.29) is 5.75 Å². The van der Waals surface area contributed by atoms with Gasteiger partial charge in [-0.15, -0.1) is 0 Å². The van der Waals surface area contributed by atoms with Crippen LogP contribution < -0.4 is 5.73 Å². The molecule has 1 saturated heterocycles. The Morgan fingerprint density at radius 1 is 1.26 bits per heavy atom. The topological polar surface area (TPSA) is 63.4 Å². The Morgan fingerprint density at radius 2 is 1.84 bits per heavy atom. The molecule has 0 radical (unpaired) electrons. The lowest BCUT2D eigenvalue weighted by molar-refractivity contribution is 0.0795. The van der Waals surface area contributed by atoms with E-state index in [1.807, 2.05) is 0 Å². The Hall–Kier alpha value is -0.130. The fourth-order valence-corrected chi connectivity index (χ4v) is 4.03. The molecule has 0 aromatic heterocycles. The summed E-state index contributed by atoms with van der Waals surface area (Å²) in [6.45, 7) is 11.9. The van der Waals surface area contributed by atoms with E-state index in [2.05, 4.69) is 18.7 Å². The van der Waals surface area contributed by atoms with E-state index in [9.17, 15) is 8.42 Å². The summed E-state index contributed by atoms with van der Waals surface area (Å²) in [6.07, 6.45) is 1.18. The molecule has 1 heterocycles. The number of piperidine rings is 1. The summed E-state index contributed by atoms with van der Waals surface area (Å²) >= 11 is 0. The SMILES string of the molecule is CC1CC(C)C(CN)N(CCS(=O)(=O)C(C)(C)C)C1. The second-order valence-corrected chi connectivity index (χ2v) is 9.91. The van der Waals surface area contributed by atoms with Gasteiger partial charge in [-0.2, -0.15) is 0 Å². The Balaban J connectivity index is 2.70. The van der Waals surface area contributed by atoms with Gasteiger partial charge in [0.25, 0.3) is 0 Å². The number of sulfone groups is 1. The fourth-order valence-electron chi connectivity index (χ4n) is 2.94. The summed E-state index contributed by atoms with van der Waals surface area (Å²) in [5.74, 6) is 1.40. The van der Waals surface area contributed by atoms with Gasteiger partial charge >= 0.3 is 0 Å². The molecule has 0 saturated carbocycles. The molecule has 0 aromatic carbocycles. The number of likely N-dealkylation sites (tertiary alicyclic amines) is 1. The summed E-state index contributed by atoms with van der Waals surface area (Å²) in [7, 11) is -3.05. The third-order valence-electron chi connectivity index (χ3n) is 4.27. The quantitative estimate of drug-likeness (QED) is 0.852. The van der Waals surface area contributed by atoms with Crippen molar-refractivity contribution in [3.05, 3.63) is 0 Å². The summed E-state index contributed by atoms with van der Waals surface area (Å²) in [5.41, 5.74) is 5.86. The molecule has 0 aliphatic carbocycles. The van der Waals surface area contributed by atoms with Gasteiger partial charge in [0.1, 0.15) is 0 Å². The first-order chi connectivity index (χ1) is 8.58. The fraction of sp³-hybridized carbons (Fsp3) is 1.00. The normalized spacial score (nSPS) is 30.5. The van der Waals surface area contributed by atoms with Crippen molar-refractivity contribution in [2.45, 2.75) is 51.8 Å². The smallest absolute Gasteiger partial charge is 0.156 e. The number of hydrogen-bond acceptors (Lipinski definition) is 4. The van der Waals surface area contributed by atoms with Crippen molar-refractivity contribution in [3.8, 4) is 0 Å². The number of hydrogen-bond donors (Lipinski definition) is 1. The van der Waals surface area contributed by atoms with Crippen molar-refractivity contribution >= 4 is 9.84 Å². The van der Waals surface area contributed by atoms with Crippen LogP contribution in [0, 0.1) is 11.8 Å². The van der Waals surface area contributed by atoms with E-state index in [0.29, 0.717) is 31.0 Å². The van der Waals surface area contributed by atoms with Gasteiger partial charge in [0.15, 0.2) is 9.84 Å². The summed E-state index contributed by atoms with van der Waals surface area (Å²) in [4.78, 5) is 2.28. The molecular formula is C14H30N2O2S. The van der Waals surface area contributed by atoms with Crippen LogP contribution in [0.15, 0.2) is 0 Å². The Labute approximate surface area is 118 Å². The lowest BCUT2D eigenvalue weighted by atomic mass is 9.85. The molecule has 3 unspecified atom stereocenters. The van der Waals surface area contributed by atoms with Crippen molar-refractivity contribution in [2.24, 2.45) is 17.6 Å². The van der Waals surface area contributed by atoms with Crippen LogP contribution in [0.25, 0.3) is 0 Å². The molecule has 114 valence electrons. The molecule has 1 aliphatic rings. The van der Waals surface area contributed by atoms with E-state index in [4.69, 9.17) is 5.73 Å². The Kier molecular flexibility index (Phi) is 5.43. The average molecular weight is 290 g/mol. The highest BCUT2D eigenvalue weighted by Gasteiger charge is 2.34. The molecule has 3 atom stereocenters. The predicted octanol–water partition coefficient (Wildman–Crippen LogP) is 1.50. The Morgan fingerprint density at radius 3 is 2.32 bits per heavy atom. The molecule has 0 aromatic rings. The van der Waals surface area contributed by atoms with E-state index >= 15 is 0 Å². The minimum atomic E-state index is -3.05. The van der Waals surface area contributed by atoms with Crippen LogP contribution in [0.3, 0.4) is 0 Å². The molecule has 4 nitrogen and oxygen atoms in total. The monoisotopic (exact) mass is 290 g/mol. The van der Waals surface area contributed by atoms with E-state index < -0.39 is 14.6 Å². The third-order valence-corrected chi connectivity index (χ3v) is 6.85. The van der Waals surface area contributed by atoms with Crippen molar-refractivity contribution < 1.29 is 8.42 Å². The van der Waals surface area contributed by atoms with E-state index in [0.717, 1.165) is 6.54 Å². The number of nitrogens with zero attached hydrogens (tertiary/aromatic N) is 1. The molecule has 1 aliphatic heterocycles. The van der Waals surface area contributed by atoms with Crippen molar-refractivity contribution in [1.29, 1.82) is 0 Å². The van der Waals surface area contributed by atoms with Crippen LogP contribution in [-0.2, 0) is 9.84 Å². The van der Waals surface area contributed by atoms with Gasteiger partial charge in [0.2, 0.25) is 0 Å². The summed E-state index contributed by atoms with van der Waals surface area (Å²) in [5, 5.41) is 0. The first-order valence-electron chi connectivity index (χ1n) is 7.25. The molecule has 0 spiro atoms. The van der Waals surface area contributed by atoms with Crippen LogP contribution in [-0.4, -0.2) is 49.5 Å². The second-order valence-electron chi connectivity index (χ2n) is 7.05. The highest BCUT2D eigenvalue weighted by molar-refractivity contribution is 7.92. The van der Waals surface area contributed by atoms with Crippen LogP contribution in [0.5, 0.6) is 0 Å². The van der Waals surface area contributed by atoms with Gasteiger partial charge in [-0.3, -0.25) is 4.90 Å². The zero-order chi connectivity index (χ0) is 14.8. The first-order valence-corrected chi connectivity index (χ1v) is 8.90. The zero-order valence-electron chi connectivity index (χ0n) is 13.0. The zero-order valence-corrected chi connectivity index (χ0v) is 13.8. The number of nitrogens with two attached hydrogens (primary N) is 1. The third kappa shape index (κ3) is 4.17. The maximum atomic E-state index is 12.2. The van der Waals surface area contributed by atoms with Crippen molar-refractivity contribution in [3.63, 3.8) is 0 Å². The first kappa shape index (κ1) is 16.9. The maximum Gasteiger partial charge on any atom is 0.156 e. The molecule has 19 heavy (non-hydrogen) atoms. The van der Waals surface area contributed by atoms with Crippen LogP contribution in [0.4, 0.5) is 0 Å². The lowest BCUT2D eigenvalue weighted by Gasteiger charge is -2.42. The standard InChI is InChI=1S/C14H30N2O2S/c1-11-8-12(2)13(9-15)16(10-11)6-7-19(17,18)14(3,4)5/h11-13H,6-10,15H2,1-5H3. The van der Waals surface area contributed by atoms with Gasteiger partial charge in [0, 0.05) is 25.7 Å². The summed E-state index contributed by atoms with van der Waals surface area (Å²) in [6, 6.07) is 0.325. The Bertz CT molecular complexity index is 387. The molecule has 5 heteroatoms. The number of rotatable bonds is 4. The highest BCUT2D eigenvalue weighted by atomic mass is 32.2. The summed E-state index contributed by atoms with van der Waals surface area (Å²) < 4.78 is 23.7. The molecule has 1 rings (SSSR count). The predicted molar refractivity (Wildman–Crippen MR) is 80.9 cm³/mol. The average Bonchev–Trinajstić information content (AvgIpc) is 2.24. The van der Waals surface area contributed by atoms with Crippen LogP contribution in [0.2, 0.25) is 0 Å². The van der Waals surface area contributed by atoms with Gasteiger partial charge < -0.3 is 5.73 Å². The van der Waals surface area contributed by atoms with Crippen molar-refractivity contribution in [1.82, 2.24) is 4.90 Å². The molecule has 0 bridgehead atoms. The van der Waals surface area contributed by atoms with Crippen LogP contribution >= 0.6 is 0 Å². The lowest BCUT2D eigenvalue weighted by Crippen LogP contribution is -2.52. The molecule has 0 amide bonds. The van der Waals surface area contributed by atoms with E-state index in [1.165, 1.54) is 6.42 Å². The van der Waals surface area contributed by atoms with Gasteiger partial charge in [0.05, 0.1) is 10.5 Å². The molecule has 1 fully saturated rings. The molecule has 2 N–H and O–H groups in total. The van der Waals surface area contributed by atoms with Gasteiger partial charge in [-0.1, -0.05) is 13.8 Å². The van der Waals surface area contributed by atoms with E-state index in [1.54, 1.807) is 20.8 Å². The van der Waals surface area contributed by atoms with Crippen LogP contribution in [0.1, 0.15) is 41.0 Å². The van der Waals surface area contributed by atoms with Gasteiger partial charge in [-0.05, 0) is 39.0 Å². The highest BCUT2D eigenvalue weighted by Crippen LogP contribution is 2.27. The minimum absolute atomic E-state index is 0.229. The minimum Gasteiger partial charge on any atom is -0.329 e. The van der Waals surface area contributed by atoms with Gasteiger partial charge in [-0.25, -0.2) is 8.42 Å².